The Kier molecular flexibility index (Phi) is 15.0. The van der Waals surface area contributed by atoms with Crippen molar-refractivity contribution in [3.8, 4) is 28.4 Å². The van der Waals surface area contributed by atoms with E-state index in [4.69, 9.17) is 24.2 Å². The Labute approximate surface area is 396 Å². The molecule has 2 aliphatic carbocycles. The van der Waals surface area contributed by atoms with Crippen LogP contribution in [-0.2, 0) is 19.6 Å². The highest BCUT2D eigenvalue weighted by molar-refractivity contribution is 7.89. The average molecular weight is 928 g/mol. The van der Waals surface area contributed by atoms with E-state index in [2.05, 4.69) is 48.0 Å². The minimum atomic E-state index is -4.29. The van der Waals surface area contributed by atoms with E-state index in [1.54, 1.807) is 34.8 Å². The predicted octanol–water partition coefficient (Wildman–Crippen LogP) is 11.2. The zero-order valence-corrected chi connectivity index (χ0v) is 40.0. The summed E-state index contributed by atoms with van der Waals surface area (Å²) in [7, 11) is -4.29. The number of oxime groups is 1. The zero-order chi connectivity index (χ0) is 47.2. The Hall–Kier alpha value is -5.37. The lowest BCUT2D eigenvalue weighted by molar-refractivity contribution is -0.251. The van der Waals surface area contributed by atoms with Gasteiger partial charge < -0.3 is 29.3 Å². The SMILES string of the molecule is C=CCOC12Oc3ccc(Oc4ccc(-c5ccccc5)cc4)cc3C3C(CCCCO)C(CCCCO)C=C(C(=NOC(C)(C)C)CC1N(CCC)S(=O)(=O)c1cccc4cccnc14)C32. The monoisotopic (exact) mass is 927 g/mol. The van der Waals surface area contributed by atoms with Gasteiger partial charge in [-0.1, -0.05) is 97.7 Å². The summed E-state index contributed by atoms with van der Waals surface area (Å²) in [6.45, 7) is 12.3. The second kappa shape index (κ2) is 20.9. The van der Waals surface area contributed by atoms with Gasteiger partial charge in [0.2, 0.25) is 15.8 Å². The van der Waals surface area contributed by atoms with Crippen molar-refractivity contribution in [1.29, 1.82) is 0 Å². The number of sulfonamides is 1. The minimum Gasteiger partial charge on any atom is -0.460 e. The number of benzene rings is 4. The van der Waals surface area contributed by atoms with Gasteiger partial charge in [-0.25, -0.2) is 8.42 Å². The molecule has 2 N–H and O–H groups in total. The fourth-order valence-electron chi connectivity index (χ4n) is 10.4. The molecule has 1 aromatic heterocycles. The molecule has 0 bridgehead atoms. The number of fused-ring (bicyclic) bond motifs is 3. The van der Waals surface area contributed by atoms with Gasteiger partial charge in [0.25, 0.3) is 0 Å². The lowest BCUT2D eigenvalue weighted by Crippen LogP contribution is -2.70. The quantitative estimate of drug-likeness (QED) is 0.0443. The van der Waals surface area contributed by atoms with Crippen LogP contribution in [0.4, 0.5) is 0 Å². The van der Waals surface area contributed by atoms with Crippen LogP contribution < -0.4 is 9.47 Å². The molecule has 0 radical (unpaired) electrons. The maximum Gasteiger partial charge on any atom is 0.245 e. The van der Waals surface area contributed by atoms with Crippen LogP contribution in [0, 0.1) is 17.8 Å². The van der Waals surface area contributed by atoms with Gasteiger partial charge in [-0.2, -0.15) is 4.31 Å². The Morgan fingerprint density at radius 3 is 2.33 bits per heavy atom. The van der Waals surface area contributed by atoms with Crippen molar-refractivity contribution in [3.63, 3.8) is 0 Å². The molecule has 1 saturated carbocycles. The third-order valence-electron chi connectivity index (χ3n) is 13.2. The predicted molar refractivity (Wildman–Crippen MR) is 264 cm³/mol. The highest BCUT2D eigenvalue weighted by atomic mass is 32.2. The van der Waals surface area contributed by atoms with E-state index in [1.807, 2.05) is 82.3 Å². The highest BCUT2D eigenvalue weighted by Gasteiger charge is 2.66. The number of rotatable bonds is 20. The number of ether oxygens (including phenoxy) is 3. The molecule has 4 aromatic carbocycles. The molecule has 8 rings (SSSR count). The van der Waals surface area contributed by atoms with E-state index in [0.29, 0.717) is 53.1 Å². The molecule has 1 fully saturated rings. The number of aliphatic hydroxyl groups excluding tert-OH is 2. The molecule has 2 heterocycles. The van der Waals surface area contributed by atoms with Crippen molar-refractivity contribution in [1.82, 2.24) is 9.29 Å². The van der Waals surface area contributed by atoms with Gasteiger partial charge in [0.1, 0.15) is 27.7 Å². The molecule has 1 aliphatic heterocycles. The molecule has 354 valence electrons. The summed E-state index contributed by atoms with van der Waals surface area (Å²) in [5.74, 6) is -0.508. The molecule has 0 spiro atoms. The van der Waals surface area contributed by atoms with Crippen LogP contribution in [0.15, 0.2) is 144 Å². The third-order valence-corrected chi connectivity index (χ3v) is 15.2. The van der Waals surface area contributed by atoms with E-state index in [9.17, 15) is 10.2 Å². The fraction of sp³-hybridized carbons (Fsp3) is 0.418. The number of hydrogen-bond acceptors (Lipinski definition) is 10. The lowest BCUT2D eigenvalue weighted by Gasteiger charge is -2.59. The fourth-order valence-corrected chi connectivity index (χ4v) is 12.3. The highest BCUT2D eigenvalue weighted by Crippen LogP contribution is 2.62. The average Bonchev–Trinajstić information content (AvgIpc) is 3.33. The van der Waals surface area contributed by atoms with Gasteiger partial charge >= 0.3 is 0 Å². The molecular weight excluding hydrogens is 863 g/mol. The van der Waals surface area contributed by atoms with E-state index >= 15 is 8.42 Å². The van der Waals surface area contributed by atoms with Gasteiger partial charge in [0.05, 0.1) is 29.8 Å². The van der Waals surface area contributed by atoms with Crippen LogP contribution in [0.3, 0.4) is 0 Å². The topological polar surface area (TPSA) is 140 Å². The van der Waals surface area contributed by atoms with Crippen molar-refractivity contribution in [2.45, 2.75) is 107 Å². The van der Waals surface area contributed by atoms with E-state index < -0.39 is 33.4 Å². The first kappa shape index (κ1) is 48.1. The molecule has 3 aliphatic rings. The summed E-state index contributed by atoms with van der Waals surface area (Å²) in [6, 6.07) is 32.2. The van der Waals surface area contributed by atoms with Gasteiger partial charge in [0.15, 0.2) is 0 Å². The smallest absolute Gasteiger partial charge is 0.245 e. The number of para-hydroxylation sites is 1. The van der Waals surface area contributed by atoms with Crippen molar-refractivity contribution in [2.24, 2.45) is 22.9 Å². The third kappa shape index (κ3) is 10.1. The van der Waals surface area contributed by atoms with Crippen LogP contribution in [-0.4, -0.2) is 77.4 Å². The zero-order valence-electron chi connectivity index (χ0n) is 39.2. The van der Waals surface area contributed by atoms with E-state index in [1.165, 1.54) is 0 Å². The summed E-state index contributed by atoms with van der Waals surface area (Å²) < 4.78 is 54.0. The summed E-state index contributed by atoms with van der Waals surface area (Å²) in [5, 5.41) is 25.7. The molecule has 6 atom stereocenters. The Morgan fingerprint density at radius 2 is 1.61 bits per heavy atom. The summed E-state index contributed by atoms with van der Waals surface area (Å²) in [6.07, 6.45) is 10.7. The first-order valence-corrected chi connectivity index (χ1v) is 25.3. The normalized spacial score (nSPS) is 23.0. The summed E-state index contributed by atoms with van der Waals surface area (Å²) >= 11 is 0. The summed E-state index contributed by atoms with van der Waals surface area (Å²) in [4.78, 5) is 11.0. The minimum absolute atomic E-state index is 0.00390. The van der Waals surface area contributed by atoms with Crippen molar-refractivity contribution < 1.29 is 37.7 Å². The number of nitrogens with zero attached hydrogens (tertiary/aromatic N) is 3. The standard InChI is InChI=1S/C55H65N3O8S/c1-6-31-58(67(61,62)49-23-15-20-40-21-16-30-56-53(40)49)50-37-47(57-66-54(3,4)5)45-35-41(19-11-13-32-59)44(22-12-14-33-60)51-46-36-43(28-29-48(46)65-55(50,52(45)51)63-34-7-2)64-42-26-24-39(25-27-42)38-17-9-8-10-18-38/h7-10,15-18,20-21,23-30,35-36,41,44,50-52,59-60H,2,6,11-14,19,22,31-34,37H2,1,3-5H3. The van der Waals surface area contributed by atoms with Crippen molar-refractivity contribution in [2.75, 3.05) is 26.4 Å². The molecule has 67 heavy (non-hydrogen) atoms. The second-order valence-corrected chi connectivity index (χ2v) is 20.8. The molecule has 11 nitrogen and oxygen atoms in total. The number of hydrogen-bond donors (Lipinski definition) is 2. The van der Waals surface area contributed by atoms with Crippen LogP contribution >= 0.6 is 0 Å². The molecule has 5 aromatic rings. The number of aromatic nitrogens is 1. The first-order chi connectivity index (χ1) is 32.4. The number of pyridine rings is 1. The van der Waals surface area contributed by atoms with Gasteiger partial charge in [0, 0.05) is 49.2 Å². The number of aliphatic hydroxyl groups is 2. The summed E-state index contributed by atoms with van der Waals surface area (Å²) in [5.41, 5.74) is 4.39. The first-order valence-electron chi connectivity index (χ1n) is 23.9. The second-order valence-electron chi connectivity index (χ2n) is 18.9. The van der Waals surface area contributed by atoms with Crippen LogP contribution in [0.5, 0.6) is 17.2 Å². The van der Waals surface area contributed by atoms with E-state index in [-0.39, 0.29) is 55.4 Å². The molecular formula is C55H65N3O8S. The molecule has 0 saturated heterocycles. The van der Waals surface area contributed by atoms with Crippen LogP contribution in [0.25, 0.3) is 22.0 Å². The maximum absolute atomic E-state index is 15.6. The van der Waals surface area contributed by atoms with Gasteiger partial charge in [-0.3, -0.25) is 4.98 Å². The van der Waals surface area contributed by atoms with Crippen molar-refractivity contribution >= 4 is 26.6 Å². The maximum atomic E-state index is 15.6. The number of unbranched alkanes of at least 4 members (excludes halogenated alkanes) is 2. The number of allylic oxidation sites excluding steroid dienone is 1. The Bertz CT molecular complexity index is 2660. The molecule has 12 heteroatoms. The largest absolute Gasteiger partial charge is 0.460 e. The van der Waals surface area contributed by atoms with E-state index in [0.717, 1.165) is 47.9 Å². The van der Waals surface area contributed by atoms with Crippen molar-refractivity contribution in [3.05, 3.63) is 139 Å². The van der Waals surface area contributed by atoms with Gasteiger partial charge in [-0.15, -0.1) is 6.58 Å². The molecule has 6 unspecified atom stereocenters. The van der Waals surface area contributed by atoms with Crippen LogP contribution in [0.1, 0.15) is 90.5 Å². The Balaban J connectivity index is 1.34. The lowest BCUT2D eigenvalue weighted by atomic mass is 9.55. The van der Waals surface area contributed by atoms with Crippen LogP contribution in [0.2, 0.25) is 0 Å². The van der Waals surface area contributed by atoms with Gasteiger partial charge in [-0.05, 0) is 124 Å². The Morgan fingerprint density at radius 1 is 0.896 bits per heavy atom. The molecule has 0 amide bonds.